The highest BCUT2D eigenvalue weighted by Gasteiger charge is 2.24. The van der Waals surface area contributed by atoms with Gasteiger partial charge in [0.25, 0.3) is 5.91 Å². The molecule has 1 heterocycles. The van der Waals surface area contributed by atoms with Gasteiger partial charge in [0.05, 0.1) is 14.2 Å². The SMILES string of the molecule is COc1ccc(CCC(=O)N2CCN(C(=O)COc3ccc(C(C)=O)cc3OC)CC2)cc1. The molecule has 0 aromatic heterocycles. The van der Waals surface area contributed by atoms with Crippen LogP contribution < -0.4 is 14.2 Å². The number of benzene rings is 2. The molecule has 0 radical (unpaired) electrons. The zero-order chi connectivity index (χ0) is 23.8. The largest absolute Gasteiger partial charge is 0.497 e. The van der Waals surface area contributed by atoms with Crippen LogP contribution in [0.1, 0.15) is 29.3 Å². The van der Waals surface area contributed by atoms with Crippen molar-refractivity contribution < 1.29 is 28.6 Å². The number of carbonyl (C=O) groups excluding carboxylic acids is 3. The summed E-state index contributed by atoms with van der Waals surface area (Å²) in [5.74, 6) is 1.46. The zero-order valence-corrected chi connectivity index (χ0v) is 19.3. The Morgan fingerprint density at radius 3 is 2.03 bits per heavy atom. The number of methoxy groups -OCH3 is 2. The van der Waals surface area contributed by atoms with E-state index < -0.39 is 0 Å². The monoisotopic (exact) mass is 454 g/mol. The van der Waals surface area contributed by atoms with E-state index in [1.807, 2.05) is 24.3 Å². The summed E-state index contributed by atoms with van der Waals surface area (Å²) >= 11 is 0. The van der Waals surface area contributed by atoms with Crippen LogP contribution in [0.2, 0.25) is 0 Å². The van der Waals surface area contributed by atoms with E-state index in [0.29, 0.717) is 56.1 Å². The first-order valence-corrected chi connectivity index (χ1v) is 10.9. The number of aryl methyl sites for hydroxylation is 1. The average Bonchev–Trinajstić information content (AvgIpc) is 2.86. The summed E-state index contributed by atoms with van der Waals surface area (Å²) in [6, 6.07) is 12.6. The van der Waals surface area contributed by atoms with Crippen molar-refractivity contribution in [3.63, 3.8) is 0 Å². The van der Waals surface area contributed by atoms with E-state index >= 15 is 0 Å². The minimum Gasteiger partial charge on any atom is -0.497 e. The molecule has 0 unspecified atom stereocenters. The molecule has 1 saturated heterocycles. The van der Waals surface area contributed by atoms with Crippen LogP contribution in [0.3, 0.4) is 0 Å². The highest BCUT2D eigenvalue weighted by Crippen LogP contribution is 2.28. The first-order valence-electron chi connectivity index (χ1n) is 10.9. The highest BCUT2D eigenvalue weighted by molar-refractivity contribution is 5.94. The minimum atomic E-state index is -0.155. The Morgan fingerprint density at radius 1 is 0.818 bits per heavy atom. The lowest BCUT2D eigenvalue weighted by Crippen LogP contribution is -2.51. The van der Waals surface area contributed by atoms with Crippen LogP contribution in [0.15, 0.2) is 42.5 Å². The van der Waals surface area contributed by atoms with Crippen LogP contribution >= 0.6 is 0 Å². The first-order chi connectivity index (χ1) is 15.9. The van der Waals surface area contributed by atoms with Crippen molar-refractivity contribution in [3.8, 4) is 17.2 Å². The third-order valence-electron chi connectivity index (χ3n) is 5.69. The fourth-order valence-corrected chi connectivity index (χ4v) is 3.64. The Bertz CT molecular complexity index is 981. The Hall–Kier alpha value is -3.55. The van der Waals surface area contributed by atoms with Crippen molar-refractivity contribution in [2.45, 2.75) is 19.8 Å². The molecule has 2 amide bonds. The van der Waals surface area contributed by atoms with Crippen molar-refractivity contribution in [1.29, 1.82) is 0 Å². The molecule has 1 aliphatic rings. The van der Waals surface area contributed by atoms with Crippen LogP contribution in [0.4, 0.5) is 0 Å². The molecule has 0 N–H and O–H groups in total. The van der Waals surface area contributed by atoms with E-state index in [1.165, 1.54) is 14.0 Å². The molecule has 3 rings (SSSR count). The second kappa shape index (κ2) is 11.4. The first kappa shape index (κ1) is 24.1. The van der Waals surface area contributed by atoms with Gasteiger partial charge < -0.3 is 24.0 Å². The molecule has 1 fully saturated rings. The van der Waals surface area contributed by atoms with Gasteiger partial charge in [0.15, 0.2) is 23.9 Å². The third-order valence-corrected chi connectivity index (χ3v) is 5.69. The van der Waals surface area contributed by atoms with Gasteiger partial charge in [0, 0.05) is 38.2 Å². The van der Waals surface area contributed by atoms with Gasteiger partial charge >= 0.3 is 0 Å². The van der Waals surface area contributed by atoms with Crippen molar-refractivity contribution in [1.82, 2.24) is 9.80 Å². The van der Waals surface area contributed by atoms with Crippen LogP contribution in [-0.2, 0) is 16.0 Å². The smallest absolute Gasteiger partial charge is 0.260 e. The Morgan fingerprint density at radius 2 is 1.45 bits per heavy atom. The summed E-state index contributed by atoms with van der Waals surface area (Å²) in [6.45, 7) is 3.28. The van der Waals surface area contributed by atoms with Crippen LogP contribution in [0, 0.1) is 0 Å². The number of carbonyl (C=O) groups is 3. The molecule has 2 aromatic rings. The van der Waals surface area contributed by atoms with Crippen molar-refractivity contribution >= 4 is 17.6 Å². The quantitative estimate of drug-likeness (QED) is 0.542. The molecule has 0 bridgehead atoms. The van der Waals surface area contributed by atoms with E-state index in [2.05, 4.69) is 0 Å². The topological polar surface area (TPSA) is 85.4 Å². The van der Waals surface area contributed by atoms with Gasteiger partial charge in [0.1, 0.15) is 5.75 Å². The van der Waals surface area contributed by atoms with E-state index in [4.69, 9.17) is 14.2 Å². The molecule has 176 valence electrons. The van der Waals surface area contributed by atoms with Crippen LogP contribution in [-0.4, -0.2) is 74.4 Å². The number of ether oxygens (including phenoxy) is 3. The summed E-state index contributed by atoms with van der Waals surface area (Å²) in [6.07, 6.45) is 1.10. The molecular formula is C25H30N2O6. The van der Waals surface area contributed by atoms with Gasteiger partial charge in [0.2, 0.25) is 5.91 Å². The lowest BCUT2D eigenvalue weighted by atomic mass is 10.1. The fourth-order valence-electron chi connectivity index (χ4n) is 3.64. The summed E-state index contributed by atoms with van der Waals surface area (Å²) in [5, 5.41) is 0. The van der Waals surface area contributed by atoms with Crippen molar-refractivity contribution in [2.75, 3.05) is 47.0 Å². The third kappa shape index (κ3) is 6.47. The van der Waals surface area contributed by atoms with Crippen molar-refractivity contribution in [3.05, 3.63) is 53.6 Å². The Balaban J connectivity index is 1.44. The second-order valence-electron chi connectivity index (χ2n) is 7.82. The summed E-state index contributed by atoms with van der Waals surface area (Å²) < 4.78 is 16.1. The predicted octanol–water partition coefficient (Wildman–Crippen LogP) is 2.59. The van der Waals surface area contributed by atoms with Gasteiger partial charge in [-0.05, 0) is 49.2 Å². The summed E-state index contributed by atoms with van der Waals surface area (Å²) in [7, 11) is 3.11. The average molecular weight is 455 g/mol. The summed E-state index contributed by atoms with van der Waals surface area (Å²) in [5.41, 5.74) is 1.60. The van der Waals surface area contributed by atoms with Gasteiger partial charge in [-0.3, -0.25) is 14.4 Å². The lowest BCUT2D eigenvalue weighted by Gasteiger charge is -2.34. The number of ketones is 1. The number of nitrogens with zero attached hydrogens (tertiary/aromatic N) is 2. The van der Waals surface area contributed by atoms with Gasteiger partial charge in [-0.2, -0.15) is 0 Å². The molecule has 0 atom stereocenters. The van der Waals surface area contributed by atoms with Gasteiger partial charge in [-0.15, -0.1) is 0 Å². The molecule has 8 nitrogen and oxygen atoms in total. The molecule has 1 aliphatic heterocycles. The second-order valence-corrected chi connectivity index (χ2v) is 7.82. The Kier molecular flexibility index (Phi) is 8.29. The molecule has 0 spiro atoms. The standard InChI is InChI=1S/C25H30N2O6/c1-18(28)20-7-10-22(23(16-20)32-3)33-17-25(30)27-14-12-26(13-15-27)24(29)11-6-19-4-8-21(31-2)9-5-19/h4-5,7-10,16H,6,11-15,17H2,1-3H3. The van der Waals surface area contributed by atoms with E-state index in [-0.39, 0.29) is 24.2 Å². The lowest BCUT2D eigenvalue weighted by molar-refractivity contribution is -0.140. The molecular weight excluding hydrogens is 424 g/mol. The van der Waals surface area contributed by atoms with Crippen molar-refractivity contribution in [2.24, 2.45) is 0 Å². The zero-order valence-electron chi connectivity index (χ0n) is 19.3. The number of hydrogen-bond acceptors (Lipinski definition) is 6. The maximum Gasteiger partial charge on any atom is 0.260 e. The van der Waals surface area contributed by atoms with Crippen LogP contribution in [0.25, 0.3) is 0 Å². The molecule has 2 aromatic carbocycles. The normalized spacial score (nSPS) is 13.4. The Labute approximate surface area is 194 Å². The number of piperazine rings is 1. The predicted molar refractivity (Wildman–Crippen MR) is 123 cm³/mol. The van der Waals surface area contributed by atoms with Crippen LogP contribution in [0.5, 0.6) is 17.2 Å². The maximum absolute atomic E-state index is 12.6. The highest BCUT2D eigenvalue weighted by atomic mass is 16.5. The molecule has 8 heteroatoms. The number of hydrogen-bond donors (Lipinski definition) is 0. The molecule has 0 aliphatic carbocycles. The number of amides is 2. The maximum atomic E-state index is 12.6. The molecule has 33 heavy (non-hydrogen) atoms. The van der Waals surface area contributed by atoms with Gasteiger partial charge in [-0.25, -0.2) is 0 Å². The van der Waals surface area contributed by atoms with Gasteiger partial charge in [-0.1, -0.05) is 12.1 Å². The van der Waals surface area contributed by atoms with E-state index in [9.17, 15) is 14.4 Å². The minimum absolute atomic E-state index is 0.0765. The fraction of sp³-hybridized carbons (Fsp3) is 0.400. The molecule has 0 saturated carbocycles. The number of Topliss-reactive ketones (excluding diaryl/α,β-unsaturated/α-hetero) is 1. The summed E-state index contributed by atoms with van der Waals surface area (Å²) in [4.78, 5) is 40.2. The van der Waals surface area contributed by atoms with E-state index in [0.717, 1.165) is 11.3 Å². The van der Waals surface area contributed by atoms with E-state index in [1.54, 1.807) is 35.1 Å². The number of rotatable bonds is 9.